The van der Waals surface area contributed by atoms with Gasteiger partial charge in [0.15, 0.2) is 5.96 Å². The summed E-state index contributed by atoms with van der Waals surface area (Å²) in [5.41, 5.74) is 0.351. The molecule has 1 rings (SSSR count). The van der Waals surface area contributed by atoms with Gasteiger partial charge in [0.25, 0.3) is 0 Å². The Balaban J connectivity index is 2.59. The van der Waals surface area contributed by atoms with E-state index in [2.05, 4.69) is 62.1 Å². The molecule has 0 aromatic rings. The highest BCUT2D eigenvalue weighted by molar-refractivity contribution is 5.82. The molecule has 1 heterocycles. The van der Waals surface area contributed by atoms with Crippen LogP contribution in [-0.2, 0) is 4.79 Å². The molecule has 0 aliphatic carbocycles. The summed E-state index contributed by atoms with van der Waals surface area (Å²) in [6.45, 7) is 17.6. The van der Waals surface area contributed by atoms with Gasteiger partial charge in [0.05, 0.1) is 6.54 Å². The summed E-state index contributed by atoms with van der Waals surface area (Å²) < 4.78 is 0. The van der Waals surface area contributed by atoms with Crippen LogP contribution in [0.1, 0.15) is 61.3 Å². The third-order valence-electron chi connectivity index (χ3n) is 5.10. The number of aliphatic imine (C=N–C) groups is 1. The number of carbonyl (C=O) groups excluding carboxylic acids is 1. The van der Waals surface area contributed by atoms with E-state index in [0.29, 0.717) is 13.0 Å². The van der Waals surface area contributed by atoms with Crippen LogP contribution in [0.4, 0.5) is 0 Å². The molecule has 1 aliphatic rings. The largest absolute Gasteiger partial charge is 0.356 e. The van der Waals surface area contributed by atoms with Crippen LogP contribution < -0.4 is 10.6 Å². The van der Waals surface area contributed by atoms with Crippen molar-refractivity contribution in [2.24, 2.45) is 10.4 Å². The molecule has 5 heteroatoms. The Hall–Kier alpha value is -1.26. The van der Waals surface area contributed by atoms with Crippen LogP contribution in [0.15, 0.2) is 4.99 Å². The second-order valence-corrected chi connectivity index (χ2v) is 7.39. The van der Waals surface area contributed by atoms with Crippen molar-refractivity contribution in [3.05, 3.63) is 0 Å². The highest BCUT2D eigenvalue weighted by Crippen LogP contribution is 2.46. The van der Waals surface area contributed by atoms with Crippen LogP contribution in [0.5, 0.6) is 0 Å². The molecule has 5 nitrogen and oxygen atoms in total. The minimum Gasteiger partial charge on any atom is -0.356 e. The van der Waals surface area contributed by atoms with Gasteiger partial charge >= 0.3 is 0 Å². The number of carbonyl (C=O) groups is 1. The number of hydrogen-bond donors (Lipinski definition) is 2. The van der Waals surface area contributed by atoms with E-state index < -0.39 is 0 Å². The number of rotatable bonds is 6. The molecule has 1 unspecified atom stereocenters. The molecule has 0 bridgehead atoms. The first-order valence-corrected chi connectivity index (χ1v) is 8.51. The molecule has 0 aromatic heterocycles. The highest BCUT2D eigenvalue weighted by Gasteiger charge is 2.53. The van der Waals surface area contributed by atoms with Crippen LogP contribution in [0.25, 0.3) is 0 Å². The zero-order valence-electron chi connectivity index (χ0n) is 15.4. The van der Waals surface area contributed by atoms with Crippen molar-refractivity contribution in [1.82, 2.24) is 15.5 Å². The van der Waals surface area contributed by atoms with E-state index in [4.69, 9.17) is 0 Å². The van der Waals surface area contributed by atoms with E-state index in [1.807, 2.05) is 6.92 Å². The normalized spacial score (nSPS) is 21.0. The zero-order valence-corrected chi connectivity index (χ0v) is 15.4. The van der Waals surface area contributed by atoms with Gasteiger partial charge in [0, 0.05) is 36.5 Å². The maximum Gasteiger partial charge on any atom is 0.222 e. The number of nitrogens with zero attached hydrogens (tertiary/aromatic N) is 2. The first-order chi connectivity index (χ1) is 10.2. The van der Waals surface area contributed by atoms with Gasteiger partial charge in [-0.05, 0) is 34.1 Å². The smallest absolute Gasteiger partial charge is 0.222 e. The quantitative estimate of drug-likeness (QED) is 0.585. The molecule has 128 valence electrons. The van der Waals surface area contributed by atoms with Crippen molar-refractivity contribution < 1.29 is 4.79 Å². The molecule has 0 saturated carbocycles. The number of guanidine groups is 1. The predicted molar refractivity (Wildman–Crippen MR) is 93.1 cm³/mol. The molecule has 22 heavy (non-hydrogen) atoms. The fourth-order valence-corrected chi connectivity index (χ4v) is 2.51. The minimum atomic E-state index is 0.0764. The van der Waals surface area contributed by atoms with E-state index in [9.17, 15) is 4.79 Å². The molecule has 2 N–H and O–H groups in total. The SMILES string of the molecule is CCNC(=NCCC(=O)NC(C)CC)N1CC(C)(C)C1(C)C. The van der Waals surface area contributed by atoms with Gasteiger partial charge in [-0.15, -0.1) is 0 Å². The Bertz CT molecular complexity index is 415. The van der Waals surface area contributed by atoms with E-state index in [1.54, 1.807) is 0 Å². The molecule has 1 amide bonds. The lowest BCUT2D eigenvalue weighted by molar-refractivity contribution is -0.121. The number of hydrogen-bond acceptors (Lipinski definition) is 2. The van der Waals surface area contributed by atoms with Crippen molar-refractivity contribution in [1.29, 1.82) is 0 Å². The van der Waals surface area contributed by atoms with Crippen LogP contribution in [0.2, 0.25) is 0 Å². The molecule has 0 radical (unpaired) electrons. The maximum atomic E-state index is 11.8. The third-order valence-corrected chi connectivity index (χ3v) is 5.10. The minimum absolute atomic E-state index is 0.0764. The van der Waals surface area contributed by atoms with Crippen molar-refractivity contribution in [2.75, 3.05) is 19.6 Å². The topological polar surface area (TPSA) is 56.7 Å². The molecule has 1 saturated heterocycles. The second-order valence-electron chi connectivity index (χ2n) is 7.39. The fraction of sp³-hybridized carbons (Fsp3) is 0.882. The maximum absolute atomic E-state index is 11.8. The lowest BCUT2D eigenvalue weighted by Crippen LogP contribution is -2.72. The Morgan fingerprint density at radius 1 is 1.27 bits per heavy atom. The van der Waals surface area contributed by atoms with Gasteiger partial charge in [-0.25, -0.2) is 0 Å². The van der Waals surface area contributed by atoms with E-state index in [-0.39, 0.29) is 22.9 Å². The zero-order chi connectivity index (χ0) is 17.0. The predicted octanol–water partition coefficient (Wildman–Crippen LogP) is 2.38. The molecule has 1 fully saturated rings. The van der Waals surface area contributed by atoms with Crippen molar-refractivity contribution in [2.45, 2.75) is 72.9 Å². The van der Waals surface area contributed by atoms with Crippen molar-refractivity contribution in [3.63, 3.8) is 0 Å². The molecule has 0 spiro atoms. The Labute approximate surface area is 135 Å². The molecular weight excluding hydrogens is 276 g/mol. The highest BCUT2D eigenvalue weighted by atomic mass is 16.1. The third kappa shape index (κ3) is 4.14. The van der Waals surface area contributed by atoms with Gasteiger partial charge in [-0.2, -0.15) is 0 Å². The van der Waals surface area contributed by atoms with Gasteiger partial charge < -0.3 is 15.5 Å². The summed E-state index contributed by atoms with van der Waals surface area (Å²) in [6, 6.07) is 0.236. The average molecular weight is 310 g/mol. The summed E-state index contributed by atoms with van der Waals surface area (Å²) in [5, 5.41) is 6.33. The average Bonchev–Trinajstić information content (AvgIpc) is 2.43. The van der Waals surface area contributed by atoms with E-state index >= 15 is 0 Å². The van der Waals surface area contributed by atoms with Crippen molar-refractivity contribution in [3.8, 4) is 0 Å². The second kappa shape index (κ2) is 7.34. The summed E-state index contributed by atoms with van der Waals surface area (Å²) in [4.78, 5) is 18.8. The Kier molecular flexibility index (Phi) is 6.27. The lowest BCUT2D eigenvalue weighted by Gasteiger charge is -2.62. The van der Waals surface area contributed by atoms with Crippen LogP contribution in [-0.4, -0.2) is 48.0 Å². The van der Waals surface area contributed by atoms with E-state index in [0.717, 1.165) is 25.5 Å². The monoisotopic (exact) mass is 310 g/mol. The molecule has 0 aromatic carbocycles. The lowest BCUT2D eigenvalue weighted by atomic mass is 9.65. The Morgan fingerprint density at radius 2 is 1.91 bits per heavy atom. The fourth-order valence-electron chi connectivity index (χ4n) is 2.51. The number of likely N-dealkylation sites (tertiary alicyclic amines) is 1. The summed E-state index contributed by atoms with van der Waals surface area (Å²) in [7, 11) is 0. The van der Waals surface area contributed by atoms with Gasteiger partial charge in [-0.3, -0.25) is 9.79 Å². The van der Waals surface area contributed by atoms with Crippen LogP contribution in [0.3, 0.4) is 0 Å². The molecule has 1 atom stereocenters. The van der Waals surface area contributed by atoms with E-state index in [1.165, 1.54) is 0 Å². The number of nitrogens with one attached hydrogen (secondary N) is 2. The summed E-state index contributed by atoms with van der Waals surface area (Å²) >= 11 is 0. The first kappa shape index (κ1) is 18.8. The number of amides is 1. The standard InChI is InChI=1S/C17H34N4O/c1-8-13(3)20-14(22)10-11-19-15(18-9-2)21-12-16(4,5)17(21,6)7/h13H,8-12H2,1-7H3,(H,18,19)(H,20,22). The van der Waals surface area contributed by atoms with Gasteiger partial charge in [0.1, 0.15) is 0 Å². The van der Waals surface area contributed by atoms with Crippen LogP contribution in [0, 0.1) is 5.41 Å². The van der Waals surface area contributed by atoms with Gasteiger partial charge in [0.2, 0.25) is 5.91 Å². The molecular formula is C17H34N4O. The first-order valence-electron chi connectivity index (χ1n) is 8.51. The van der Waals surface area contributed by atoms with Crippen LogP contribution >= 0.6 is 0 Å². The Morgan fingerprint density at radius 3 is 2.36 bits per heavy atom. The molecule has 1 aliphatic heterocycles. The summed E-state index contributed by atoms with van der Waals surface area (Å²) in [6.07, 6.45) is 1.39. The van der Waals surface area contributed by atoms with Crippen molar-refractivity contribution >= 4 is 11.9 Å². The van der Waals surface area contributed by atoms with Gasteiger partial charge in [-0.1, -0.05) is 20.8 Å². The summed E-state index contributed by atoms with van der Waals surface area (Å²) in [5.74, 6) is 1.00.